The summed E-state index contributed by atoms with van der Waals surface area (Å²) in [6, 6.07) is 17.1. The van der Waals surface area contributed by atoms with Crippen LogP contribution >= 0.6 is 23.2 Å². The number of likely N-dealkylation sites (tertiary alicyclic amines) is 2. The van der Waals surface area contributed by atoms with Crippen molar-refractivity contribution in [2.75, 3.05) is 26.2 Å². The summed E-state index contributed by atoms with van der Waals surface area (Å²) in [4.78, 5) is 27.7. The molecular formula is C76H100Cl2N14O2. The lowest BCUT2D eigenvalue weighted by atomic mass is 9.60. The molecule has 500 valence electrons. The van der Waals surface area contributed by atoms with Gasteiger partial charge in [-0.05, 0) is 135 Å². The van der Waals surface area contributed by atoms with Gasteiger partial charge in [0.05, 0.1) is 69.0 Å². The van der Waals surface area contributed by atoms with E-state index in [1.165, 1.54) is 12.2 Å². The maximum absolute atomic E-state index is 12.0. The van der Waals surface area contributed by atoms with Gasteiger partial charge in [0.2, 0.25) is 11.8 Å². The van der Waals surface area contributed by atoms with Crippen molar-refractivity contribution >= 4 is 78.6 Å². The molecule has 4 aromatic carbocycles. The first-order valence-corrected chi connectivity index (χ1v) is 33.6. The van der Waals surface area contributed by atoms with Crippen molar-refractivity contribution in [1.82, 2.24) is 70.2 Å². The van der Waals surface area contributed by atoms with E-state index in [2.05, 4.69) is 212 Å². The highest BCUT2D eigenvalue weighted by Crippen LogP contribution is 2.57. The second-order valence-electron chi connectivity index (χ2n) is 33.2. The molecule has 18 heteroatoms. The van der Waals surface area contributed by atoms with Crippen LogP contribution in [-0.4, -0.2) is 108 Å². The summed E-state index contributed by atoms with van der Waals surface area (Å²) >= 11 is 14.0. The monoisotopic (exact) mass is 1310 g/mol. The van der Waals surface area contributed by atoms with Crippen LogP contribution in [0.4, 0.5) is 0 Å². The molecule has 16 nitrogen and oxygen atoms in total. The maximum Gasteiger partial charge on any atom is 0.245 e. The lowest BCUT2D eigenvalue weighted by Gasteiger charge is -2.58. The number of aryl methyl sites for hydroxylation is 2. The highest BCUT2D eigenvalue weighted by Gasteiger charge is 2.56. The van der Waals surface area contributed by atoms with Gasteiger partial charge in [-0.2, -0.15) is 30.6 Å². The van der Waals surface area contributed by atoms with Crippen LogP contribution in [-0.2, 0) is 9.59 Å². The number of nitrogens with one attached hydrogen (secondary N) is 4. The van der Waals surface area contributed by atoms with E-state index in [1.807, 2.05) is 72.7 Å². The van der Waals surface area contributed by atoms with E-state index in [1.54, 1.807) is 0 Å². The summed E-state index contributed by atoms with van der Waals surface area (Å²) < 4.78 is 4.36. The van der Waals surface area contributed by atoms with E-state index < -0.39 is 0 Å². The van der Waals surface area contributed by atoms with Gasteiger partial charge in [-0.3, -0.25) is 39.3 Å². The minimum absolute atomic E-state index is 0.0155. The number of amides is 2. The molecule has 2 amide bonds. The van der Waals surface area contributed by atoms with Crippen molar-refractivity contribution in [3.8, 4) is 44.8 Å². The number of aromatic amines is 4. The van der Waals surface area contributed by atoms with Crippen LogP contribution in [0.3, 0.4) is 0 Å². The Hall–Kier alpha value is -7.82. The maximum atomic E-state index is 12.0. The van der Waals surface area contributed by atoms with Crippen LogP contribution in [0.2, 0.25) is 10.0 Å². The minimum Gasteiger partial charge on any atom is -0.338 e. The number of halogens is 2. The Labute approximate surface area is 566 Å². The van der Waals surface area contributed by atoms with Gasteiger partial charge in [-0.1, -0.05) is 159 Å². The van der Waals surface area contributed by atoms with Gasteiger partial charge >= 0.3 is 0 Å². The standard InChI is InChI=1S/2C28H26ClN7O.4C5H12/c2*1-4-23(37)35-13-28(14-35)9-19(10-28)36-16(3)24(25-20-12-31-33-22(20)7-15(2)26(25)29)27(34-36)17-5-6-21-18(8-17)11-30-32-21;4*1-5(2,3)4/h2*4-8,11-12,19H,1,9-10,13-14H2,2-3H3,(H,30,32)(H,31,33);4*1-4H3. The van der Waals surface area contributed by atoms with E-state index in [0.717, 1.165) is 163 Å². The number of carbonyl (C=O) groups is 2. The third kappa shape index (κ3) is 16.1. The Morgan fingerprint density at radius 2 is 0.766 bits per heavy atom. The lowest BCUT2D eigenvalue weighted by molar-refractivity contribution is -0.149. The Balaban J connectivity index is 0.000000172. The molecule has 2 saturated carbocycles. The highest BCUT2D eigenvalue weighted by molar-refractivity contribution is 6.37. The van der Waals surface area contributed by atoms with E-state index in [9.17, 15) is 9.59 Å². The molecule has 0 unspecified atom stereocenters. The van der Waals surface area contributed by atoms with Crippen LogP contribution in [0.1, 0.15) is 171 Å². The first-order valence-electron chi connectivity index (χ1n) is 32.9. The number of hydrogen-bond acceptors (Lipinski definition) is 8. The average Bonchev–Trinajstić information content (AvgIpc) is 1.41. The quantitative estimate of drug-likeness (QED) is 0.108. The highest BCUT2D eigenvalue weighted by atomic mass is 35.5. The third-order valence-corrected chi connectivity index (χ3v) is 17.4. The molecular weight excluding hydrogens is 1210 g/mol. The fraction of sp³-hybridized carbons (Fsp3) is 0.474. The minimum atomic E-state index is 0.0155. The second kappa shape index (κ2) is 26.8. The Morgan fingerprint density at radius 3 is 1.07 bits per heavy atom. The number of rotatable bonds is 8. The van der Waals surface area contributed by atoms with Gasteiger partial charge < -0.3 is 9.80 Å². The number of fused-ring (bicyclic) bond motifs is 4. The summed E-state index contributed by atoms with van der Waals surface area (Å²) in [5.74, 6) is 0.0311. The smallest absolute Gasteiger partial charge is 0.245 e. The first kappa shape index (κ1) is 70.5. The molecule has 2 saturated heterocycles. The molecule has 4 aliphatic rings. The zero-order valence-corrected chi connectivity index (χ0v) is 60.9. The molecule has 10 aromatic rings. The molecule has 2 aliphatic carbocycles. The molecule has 2 aliphatic heterocycles. The fourth-order valence-corrected chi connectivity index (χ4v) is 13.2. The Kier molecular flexibility index (Phi) is 20.1. The topological polar surface area (TPSA) is 191 Å². The molecule has 0 atom stereocenters. The molecule has 4 fully saturated rings. The van der Waals surface area contributed by atoms with Crippen molar-refractivity contribution in [3.05, 3.63) is 131 Å². The number of H-pyrrole nitrogens is 4. The lowest BCUT2D eigenvalue weighted by Crippen LogP contribution is -2.63. The normalized spacial score (nSPS) is 15.9. The van der Waals surface area contributed by atoms with Gasteiger partial charge in [0.15, 0.2) is 0 Å². The number of aromatic nitrogens is 12. The van der Waals surface area contributed by atoms with Crippen molar-refractivity contribution in [3.63, 3.8) is 0 Å². The predicted octanol–water partition coefficient (Wildman–Crippen LogP) is 19.4. The van der Waals surface area contributed by atoms with Crippen molar-refractivity contribution in [2.45, 2.75) is 176 Å². The van der Waals surface area contributed by atoms with Crippen molar-refractivity contribution < 1.29 is 9.59 Å². The SMILES string of the molecule is C=CC(=O)N1CC2(CC(n3nc(-c4ccc5[nH]ncc5c4)c(-c4c(Cl)c(C)cc5[nH]ncc45)c3C)C2)C1.C=CC(=O)N1CC2(CC(n3nc(-c4ccc5[nH]ncc5c4)c(-c4c(Cl)c(C)cc5[nH]ncc45)c3C)C2)C1.CC(C)(C)C.CC(C)(C)C.CC(C)(C)C.CC(C)(C)C. The van der Waals surface area contributed by atoms with Crippen LogP contribution in [0.5, 0.6) is 0 Å². The number of benzene rings is 4. The van der Waals surface area contributed by atoms with E-state index in [-0.39, 0.29) is 34.7 Å². The summed E-state index contributed by atoms with van der Waals surface area (Å²) in [5.41, 5.74) is 18.2. The molecule has 14 rings (SSSR count). The summed E-state index contributed by atoms with van der Waals surface area (Å²) in [6.07, 6.45) is 14.1. The number of hydrogen-bond donors (Lipinski definition) is 4. The van der Waals surface area contributed by atoms with Crippen molar-refractivity contribution in [1.29, 1.82) is 0 Å². The van der Waals surface area contributed by atoms with Crippen LogP contribution in [0, 0.1) is 60.2 Å². The molecule has 94 heavy (non-hydrogen) atoms. The third-order valence-electron chi connectivity index (χ3n) is 16.4. The van der Waals surface area contributed by atoms with E-state index in [4.69, 9.17) is 33.4 Å². The molecule has 0 bridgehead atoms. The molecule has 8 heterocycles. The van der Waals surface area contributed by atoms with E-state index in [0.29, 0.717) is 31.7 Å². The van der Waals surface area contributed by atoms with Gasteiger partial charge in [0.25, 0.3) is 0 Å². The largest absolute Gasteiger partial charge is 0.338 e. The molecule has 0 radical (unpaired) electrons. The van der Waals surface area contributed by atoms with Crippen LogP contribution in [0.15, 0.2) is 98.6 Å². The van der Waals surface area contributed by atoms with Gasteiger partial charge in [-0.15, -0.1) is 0 Å². The van der Waals surface area contributed by atoms with Crippen LogP contribution < -0.4 is 0 Å². The Bertz CT molecular complexity index is 4070. The second-order valence-corrected chi connectivity index (χ2v) is 34.0. The molecule has 6 aromatic heterocycles. The zero-order chi connectivity index (χ0) is 68.9. The molecule has 4 N–H and O–H groups in total. The summed E-state index contributed by atoms with van der Waals surface area (Å²) in [6.45, 7) is 53.7. The Morgan fingerprint density at radius 1 is 0.468 bits per heavy atom. The van der Waals surface area contributed by atoms with E-state index >= 15 is 0 Å². The summed E-state index contributed by atoms with van der Waals surface area (Å²) in [5, 5.41) is 45.2. The number of carbonyl (C=O) groups excluding carboxylic acids is 2. The zero-order valence-electron chi connectivity index (χ0n) is 59.4. The fourth-order valence-electron chi connectivity index (χ4n) is 12.7. The predicted molar refractivity (Wildman–Crippen MR) is 389 cm³/mol. The van der Waals surface area contributed by atoms with Gasteiger partial charge in [0, 0.05) is 103 Å². The summed E-state index contributed by atoms with van der Waals surface area (Å²) in [7, 11) is 0. The first-order chi connectivity index (χ1) is 43.7. The van der Waals surface area contributed by atoms with Crippen LogP contribution in [0.25, 0.3) is 88.4 Å². The van der Waals surface area contributed by atoms with Crippen molar-refractivity contribution in [2.24, 2.45) is 32.5 Å². The van der Waals surface area contributed by atoms with Gasteiger partial charge in [0.1, 0.15) is 11.4 Å². The van der Waals surface area contributed by atoms with Gasteiger partial charge in [-0.25, -0.2) is 0 Å². The number of nitrogens with zero attached hydrogens (tertiary/aromatic N) is 10. The molecule has 2 spiro atoms. The average molecular weight is 1310 g/mol.